The second-order valence-electron chi connectivity index (χ2n) is 8.45. The van der Waals surface area contributed by atoms with Gasteiger partial charge in [-0.1, -0.05) is 42.5 Å². The number of nitrogens with one attached hydrogen (secondary N) is 1. The highest BCUT2D eigenvalue weighted by Crippen LogP contribution is 2.36. The van der Waals surface area contributed by atoms with Crippen molar-refractivity contribution >= 4 is 24.5 Å². The van der Waals surface area contributed by atoms with Gasteiger partial charge in [0.05, 0.1) is 18.3 Å². The zero-order chi connectivity index (χ0) is 21.9. The maximum atomic E-state index is 12.5. The number of methoxy groups -OCH3 is 1. The van der Waals surface area contributed by atoms with E-state index in [0.29, 0.717) is 12.0 Å². The Labute approximate surface area is 178 Å². The Morgan fingerprint density at radius 3 is 2.07 bits per heavy atom. The fourth-order valence-corrected chi connectivity index (χ4v) is 3.19. The lowest BCUT2D eigenvalue weighted by molar-refractivity contribution is -0.142. The van der Waals surface area contributed by atoms with Crippen molar-refractivity contribution in [3.05, 3.63) is 65.7 Å². The molecule has 6 nitrogen and oxygen atoms in total. The first-order valence-corrected chi connectivity index (χ1v) is 10.0. The summed E-state index contributed by atoms with van der Waals surface area (Å²) in [4.78, 5) is 24.7. The van der Waals surface area contributed by atoms with Crippen LogP contribution >= 0.6 is 0 Å². The van der Waals surface area contributed by atoms with Gasteiger partial charge in [0.1, 0.15) is 6.04 Å². The zero-order valence-electron chi connectivity index (χ0n) is 18.1. The van der Waals surface area contributed by atoms with Crippen LogP contribution in [0.25, 0.3) is 0 Å². The number of esters is 1. The molecule has 1 amide bonds. The van der Waals surface area contributed by atoms with E-state index < -0.39 is 30.3 Å². The van der Waals surface area contributed by atoms with E-state index in [2.05, 4.69) is 5.32 Å². The molecule has 0 aliphatic carbocycles. The van der Waals surface area contributed by atoms with Gasteiger partial charge >= 0.3 is 13.1 Å². The second kappa shape index (κ2) is 8.62. The van der Waals surface area contributed by atoms with Crippen LogP contribution in [-0.2, 0) is 25.3 Å². The lowest BCUT2D eigenvalue weighted by Gasteiger charge is -2.32. The predicted molar refractivity (Wildman–Crippen MR) is 116 cm³/mol. The molecule has 2 aromatic carbocycles. The Hall–Kier alpha value is -2.64. The molecule has 0 bridgehead atoms. The van der Waals surface area contributed by atoms with Gasteiger partial charge in [-0.05, 0) is 50.9 Å². The molecule has 0 saturated carbocycles. The summed E-state index contributed by atoms with van der Waals surface area (Å²) >= 11 is 0. The number of hydrogen-bond acceptors (Lipinski definition) is 5. The molecule has 1 unspecified atom stereocenters. The smallest absolute Gasteiger partial charge is 0.467 e. The van der Waals surface area contributed by atoms with Gasteiger partial charge < -0.3 is 19.4 Å². The monoisotopic (exact) mass is 409 g/mol. The summed E-state index contributed by atoms with van der Waals surface area (Å²) in [5.41, 5.74) is 1.46. The molecule has 2 aromatic rings. The average Bonchev–Trinajstić information content (AvgIpc) is 2.95. The first-order chi connectivity index (χ1) is 14.1. The highest BCUT2D eigenvalue weighted by molar-refractivity contribution is 6.62. The number of rotatable bonds is 6. The third-order valence-corrected chi connectivity index (χ3v) is 5.77. The van der Waals surface area contributed by atoms with Crippen LogP contribution in [0.1, 0.15) is 43.6 Å². The zero-order valence-corrected chi connectivity index (χ0v) is 18.1. The van der Waals surface area contributed by atoms with E-state index in [1.165, 1.54) is 7.11 Å². The van der Waals surface area contributed by atoms with Gasteiger partial charge in [0, 0.05) is 12.0 Å². The number of carbonyl (C=O) groups is 2. The molecule has 0 radical (unpaired) electrons. The lowest BCUT2D eigenvalue weighted by atomic mass is 9.78. The summed E-state index contributed by atoms with van der Waals surface area (Å²) in [7, 11) is 0.865. The van der Waals surface area contributed by atoms with Crippen LogP contribution in [0, 0.1) is 0 Å². The highest BCUT2D eigenvalue weighted by Gasteiger charge is 2.51. The molecule has 0 aromatic heterocycles. The molecular weight excluding hydrogens is 381 g/mol. The molecule has 1 saturated heterocycles. The van der Waals surface area contributed by atoms with Crippen molar-refractivity contribution in [1.82, 2.24) is 5.32 Å². The Balaban J connectivity index is 1.70. The topological polar surface area (TPSA) is 73.9 Å². The van der Waals surface area contributed by atoms with E-state index in [1.807, 2.05) is 58.0 Å². The number of benzene rings is 2. The minimum absolute atomic E-state index is 0.314. The van der Waals surface area contributed by atoms with Crippen LogP contribution in [-0.4, -0.2) is 43.3 Å². The van der Waals surface area contributed by atoms with Gasteiger partial charge in [-0.25, -0.2) is 4.79 Å². The molecule has 1 aliphatic heterocycles. The number of amides is 1. The summed E-state index contributed by atoms with van der Waals surface area (Å²) in [6.45, 7) is 8.05. The van der Waals surface area contributed by atoms with Crippen molar-refractivity contribution in [2.75, 3.05) is 7.11 Å². The van der Waals surface area contributed by atoms with Crippen LogP contribution in [0.3, 0.4) is 0 Å². The minimum atomic E-state index is -0.787. The van der Waals surface area contributed by atoms with E-state index >= 15 is 0 Å². The van der Waals surface area contributed by atoms with Crippen LogP contribution < -0.4 is 10.8 Å². The molecule has 1 atom stereocenters. The van der Waals surface area contributed by atoms with Gasteiger partial charge in [-0.2, -0.15) is 0 Å². The quantitative estimate of drug-likeness (QED) is 0.586. The van der Waals surface area contributed by atoms with Crippen molar-refractivity contribution in [2.45, 2.75) is 51.4 Å². The largest absolute Gasteiger partial charge is 0.494 e. The minimum Gasteiger partial charge on any atom is -0.467 e. The molecule has 7 heteroatoms. The van der Waals surface area contributed by atoms with Crippen molar-refractivity contribution in [2.24, 2.45) is 0 Å². The average molecular weight is 409 g/mol. The van der Waals surface area contributed by atoms with Crippen molar-refractivity contribution in [3.8, 4) is 0 Å². The molecule has 158 valence electrons. The third-order valence-electron chi connectivity index (χ3n) is 5.77. The molecule has 1 heterocycles. The fourth-order valence-electron chi connectivity index (χ4n) is 3.19. The normalized spacial score (nSPS) is 18.0. The Kier molecular flexibility index (Phi) is 6.34. The molecule has 1 N–H and O–H groups in total. The summed E-state index contributed by atoms with van der Waals surface area (Å²) < 4.78 is 17.0. The highest BCUT2D eigenvalue weighted by atomic mass is 16.7. The standard InChI is InChI=1S/C23H28BNO5/c1-22(2)23(3,4)30-24(29-22)18-13-11-16(12-14-18)15-19(21(27)28-5)25-20(26)17-9-7-6-8-10-17/h6-14,19H,15H2,1-5H3,(H,25,26). The first-order valence-electron chi connectivity index (χ1n) is 10.0. The van der Waals surface area contributed by atoms with Gasteiger partial charge in [0.2, 0.25) is 0 Å². The predicted octanol–water partition coefficient (Wildman–Crippen LogP) is 2.50. The third kappa shape index (κ3) is 4.74. The van der Waals surface area contributed by atoms with Crippen LogP contribution in [0.5, 0.6) is 0 Å². The molecule has 1 aliphatic rings. The Morgan fingerprint density at radius 2 is 1.53 bits per heavy atom. The molecule has 3 rings (SSSR count). The summed E-state index contributed by atoms with van der Waals surface area (Å²) in [5.74, 6) is -0.811. The van der Waals surface area contributed by atoms with E-state index in [4.69, 9.17) is 14.0 Å². The number of ether oxygens (including phenoxy) is 1. The first kappa shape index (κ1) is 22.1. The van der Waals surface area contributed by atoms with Gasteiger partial charge in [0.15, 0.2) is 0 Å². The summed E-state index contributed by atoms with van der Waals surface area (Å²) in [6, 6.07) is 15.6. The number of carbonyl (C=O) groups excluding carboxylic acids is 2. The maximum Gasteiger partial charge on any atom is 0.494 e. The second-order valence-corrected chi connectivity index (χ2v) is 8.45. The van der Waals surface area contributed by atoms with E-state index in [9.17, 15) is 9.59 Å². The lowest BCUT2D eigenvalue weighted by Crippen LogP contribution is -2.43. The molecule has 30 heavy (non-hydrogen) atoms. The number of hydrogen-bond donors (Lipinski definition) is 1. The van der Waals surface area contributed by atoms with Crippen molar-refractivity contribution in [3.63, 3.8) is 0 Å². The molecular formula is C23H28BNO5. The summed E-state index contributed by atoms with van der Waals surface area (Å²) in [6.07, 6.45) is 0.314. The Bertz CT molecular complexity index is 880. The fraction of sp³-hybridized carbons (Fsp3) is 0.391. The summed E-state index contributed by atoms with van der Waals surface area (Å²) in [5, 5.41) is 2.76. The molecule has 0 spiro atoms. The molecule has 1 fully saturated rings. The SMILES string of the molecule is COC(=O)C(Cc1ccc(B2OC(C)(C)C(C)(C)O2)cc1)NC(=O)c1ccccc1. The van der Waals surface area contributed by atoms with Gasteiger partial charge in [-0.3, -0.25) is 4.79 Å². The van der Waals surface area contributed by atoms with Gasteiger partial charge in [0.25, 0.3) is 5.91 Å². The van der Waals surface area contributed by atoms with E-state index in [0.717, 1.165) is 11.0 Å². The van der Waals surface area contributed by atoms with E-state index in [-0.39, 0.29) is 5.91 Å². The Morgan fingerprint density at radius 1 is 0.967 bits per heavy atom. The van der Waals surface area contributed by atoms with Crippen LogP contribution in [0.2, 0.25) is 0 Å². The van der Waals surface area contributed by atoms with Crippen molar-refractivity contribution in [1.29, 1.82) is 0 Å². The van der Waals surface area contributed by atoms with Crippen molar-refractivity contribution < 1.29 is 23.6 Å². The van der Waals surface area contributed by atoms with Gasteiger partial charge in [-0.15, -0.1) is 0 Å². The maximum absolute atomic E-state index is 12.5. The van der Waals surface area contributed by atoms with Crippen LogP contribution in [0.4, 0.5) is 0 Å². The van der Waals surface area contributed by atoms with Crippen LogP contribution in [0.15, 0.2) is 54.6 Å². The van der Waals surface area contributed by atoms with E-state index in [1.54, 1.807) is 24.3 Å².